The molecule has 1 atom stereocenters. The summed E-state index contributed by atoms with van der Waals surface area (Å²) in [6.45, 7) is 1.14. The molecule has 1 aromatic heterocycles. The van der Waals surface area contributed by atoms with Crippen LogP contribution >= 0.6 is 0 Å². The fraction of sp³-hybridized carbons (Fsp3) is 0.286. The number of hydrogen-bond acceptors (Lipinski definition) is 3. The highest BCUT2D eigenvalue weighted by molar-refractivity contribution is 5.82. The molecular formula is C14H13N3O2. The molecule has 0 bridgehead atoms. The average Bonchev–Trinajstić information content (AvgIpc) is 2.79. The van der Waals surface area contributed by atoms with E-state index >= 15 is 0 Å². The minimum atomic E-state index is -0.0967. The fourth-order valence-corrected chi connectivity index (χ4v) is 2.35. The zero-order valence-electron chi connectivity index (χ0n) is 10.3. The minimum Gasteiger partial charge on any atom is -0.365 e. The summed E-state index contributed by atoms with van der Waals surface area (Å²) in [5.74, 6) is -0.0888. The van der Waals surface area contributed by atoms with E-state index in [1.807, 2.05) is 34.9 Å². The van der Waals surface area contributed by atoms with E-state index in [0.29, 0.717) is 18.8 Å². The van der Waals surface area contributed by atoms with Crippen LogP contribution in [0.1, 0.15) is 5.69 Å². The van der Waals surface area contributed by atoms with Gasteiger partial charge in [0.25, 0.3) is 0 Å². The van der Waals surface area contributed by atoms with Gasteiger partial charge in [0.05, 0.1) is 12.6 Å². The van der Waals surface area contributed by atoms with Crippen molar-refractivity contribution in [2.24, 2.45) is 0 Å². The number of hydrogen-bond donors (Lipinski definition) is 1. The Hall–Kier alpha value is -2.32. The van der Waals surface area contributed by atoms with Gasteiger partial charge < -0.3 is 14.6 Å². The first-order valence-corrected chi connectivity index (χ1v) is 6.14. The Kier molecular flexibility index (Phi) is 2.94. The SMILES string of the molecule is N#Cc1cc2ccccc2n1C[C@@H]1CNC(=O)CO1. The molecule has 1 aliphatic heterocycles. The molecule has 19 heavy (non-hydrogen) atoms. The highest BCUT2D eigenvalue weighted by Crippen LogP contribution is 2.20. The van der Waals surface area contributed by atoms with Crippen LogP contribution in [0, 0.1) is 11.3 Å². The summed E-state index contributed by atoms with van der Waals surface area (Å²) in [7, 11) is 0. The van der Waals surface area contributed by atoms with Crippen LogP contribution in [0.25, 0.3) is 10.9 Å². The Morgan fingerprint density at radius 2 is 2.32 bits per heavy atom. The fourth-order valence-electron chi connectivity index (χ4n) is 2.35. The molecule has 0 saturated carbocycles. The molecule has 0 aliphatic carbocycles. The number of amides is 1. The summed E-state index contributed by atoms with van der Waals surface area (Å²) in [4.78, 5) is 11.1. The highest BCUT2D eigenvalue weighted by atomic mass is 16.5. The minimum absolute atomic E-state index is 0.0888. The van der Waals surface area contributed by atoms with Gasteiger partial charge in [0.2, 0.25) is 5.91 Å². The summed E-state index contributed by atoms with van der Waals surface area (Å²) in [5.41, 5.74) is 1.63. The van der Waals surface area contributed by atoms with Crippen molar-refractivity contribution in [2.45, 2.75) is 12.6 Å². The number of nitriles is 1. The summed E-state index contributed by atoms with van der Waals surface area (Å²) >= 11 is 0. The molecule has 0 unspecified atom stereocenters. The van der Waals surface area contributed by atoms with Gasteiger partial charge in [-0.25, -0.2) is 0 Å². The number of ether oxygens (including phenoxy) is 1. The lowest BCUT2D eigenvalue weighted by atomic mass is 10.2. The molecule has 1 saturated heterocycles. The van der Waals surface area contributed by atoms with Crippen molar-refractivity contribution in [3.8, 4) is 6.07 Å². The molecule has 0 radical (unpaired) electrons. The summed E-state index contributed by atoms with van der Waals surface area (Å²) in [6.07, 6.45) is -0.0967. The van der Waals surface area contributed by atoms with E-state index in [1.165, 1.54) is 0 Å². The molecule has 5 nitrogen and oxygen atoms in total. The van der Waals surface area contributed by atoms with Crippen molar-refractivity contribution in [1.82, 2.24) is 9.88 Å². The first-order chi connectivity index (χ1) is 9.28. The van der Waals surface area contributed by atoms with Gasteiger partial charge in [0.1, 0.15) is 18.4 Å². The topological polar surface area (TPSA) is 67.0 Å². The summed E-state index contributed by atoms with van der Waals surface area (Å²) < 4.78 is 7.41. The van der Waals surface area contributed by atoms with E-state index in [-0.39, 0.29) is 18.6 Å². The van der Waals surface area contributed by atoms with E-state index < -0.39 is 0 Å². The molecule has 1 aliphatic rings. The van der Waals surface area contributed by atoms with E-state index in [0.717, 1.165) is 10.9 Å². The number of fused-ring (bicyclic) bond motifs is 1. The number of nitrogens with zero attached hydrogens (tertiary/aromatic N) is 2. The Balaban J connectivity index is 1.91. The number of rotatable bonds is 2. The third kappa shape index (κ3) is 2.18. The number of benzene rings is 1. The lowest BCUT2D eigenvalue weighted by Gasteiger charge is -2.24. The largest absolute Gasteiger partial charge is 0.365 e. The predicted molar refractivity (Wildman–Crippen MR) is 69.4 cm³/mol. The maximum absolute atomic E-state index is 11.1. The van der Waals surface area contributed by atoms with Crippen LogP contribution in [0.5, 0.6) is 0 Å². The average molecular weight is 255 g/mol. The molecule has 1 fully saturated rings. The maximum atomic E-state index is 11.1. The molecule has 1 aromatic carbocycles. The lowest BCUT2D eigenvalue weighted by Crippen LogP contribution is -2.44. The third-order valence-electron chi connectivity index (χ3n) is 3.29. The quantitative estimate of drug-likeness (QED) is 0.871. The standard InChI is InChI=1S/C14H13N3O2/c15-6-11-5-10-3-1-2-4-13(10)17(11)8-12-7-16-14(18)9-19-12/h1-5,12H,7-9H2,(H,16,18)/t12-/m0/s1. The Morgan fingerprint density at radius 3 is 3.05 bits per heavy atom. The molecular weight excluding hydrogens is 242 g/mol. The third-order valence-corrected chi connectivity index (χ3v) is 3.29. The molecule has 2 heterocycles. The van der Waals surface area contributed by atoms with Gasteiger partial charge in [0, 0.05) is 17.4 Å². The maximum Gasteiger partial charge on any atom is 0.246 e. The van der Waals surface area contributed by atoms with E-state index in [9.17, 15) is 10.1 Å². The molecule has 3 rings (SSSR count). The molecule has 0 spiro atoms. The summed E-state index contributed by atoms with van der Waals surface area (Å²) in [6, 6.07) is 11.9. The molecule has 96 valence electrons. The van der Waals surface area contributed by atoms with Gasteiger partial charge in [-0.05, 0) is 12.1 Å². The van der Waals surface area contributed by atoms with Crippen molar-refractivity contribution < 1.29 is 9.53 Å². The number of para-hydroxylation sites is 1. The normalized spacial score (nSPS) is 19.1. The number of carbonyl (C=O) groups is 1. The van der Waals surface area contributed by atoms with Gasteiger partial charge in [-0.3, -0.25) is 4.79 Å². The van der Waals surface area contributed by atoms with Gasteiger partial charge in [-0.2, -0.15) is 5.26 Å². The van der Waals surface area contributed by atoms with Crippen molar-refractivity contribution in [1.29, 1.82) is 5.26 Å². The first kappa shape index (κ1) is 11.8. The van der Waals surface area contributed by atoms with E-state index in [1.54, 1.807) is 0 Å². The molecule has 1 amide bonds. The lowest BCUT2D eigenvalue weighted by molar-refractivity contribution is -0.133. The summed E-state index contributed by atoms with van der Waals surface area (Å²) in [5, 5.41) is 13.0. The van der Waals surface area contributed by atoms with Gasteiger partial charge in [-0.1, -0.05) is 18.2 Å². The second-order valence-electron chi connectivity index (χ2n) is 4.55. The second-order valence-corrected chi connectivity index (χ2v) is 4.55. The van der Waals surface area contributed by atoms with Crippen LogP contribution in [0.2, 0.25) is 0 Å². The zero-order chi connectivity index (χ0) is 13.2. The first-order valence-electron chi connectivity index (χ1n) is 6.14. The van der Waals surface area contributed by atoms with Crippen LogP contribution in [-0.4, -0.2) is 29.7 Å². The number of nitrogens with one attached hydrogen (secondary N) is 1. The van der Waals surface area contributed by atoms with Crippen LogP contribution in [0.15, 0.2) is 30.3 Å². The Labute approximate surface area is 110 Å². The van der Waals surface area contributed by atoms with Crippen LogP contribution in [0.4, 0.5) is 0 Å². The van der Waals surface area contributed by atoms with Crippen LogP contribution in [0.3, 0.4) is 0 Å². The molecule has 2 aromatic rings. The van der Waals surface area contributed by atoms with Crippen molar-refractivity contribution in [3.05, 3.63) is 36.0 Å². The van der Waals surface area contributed by atoms with E-state index in [4.69, 9.17) is 4.74 Å². The molecule has 1 N–H and O–H groups in total. The second kappa shape index (κ2) is 4.75. The van der Waals surface area contributed by atoms with Crippen LogP contribution < -0.4 is 5.32 Å². The number of carbonyl (C=O) groups excluding carboxylic acids is 1. The van der Waals surface area contributed by atoms with Gasteiger partial charge >= 0.3 is 0 Å². The van der Waals surface area contributed by atoms with Crippen molar-refractivity contribution in [2.75, 3.05) is 13.2 Å². The predicted octanol–water partition coefficient (Wildman–Crippen LogP) is 1.03. The smallest absolute Gasteiger partial charge is 0.246 e. The monoisotopic (exact) mass is 255 g/mol. The van der Waals surface area contributed by atoms with Crippen molar-refractivity contribution in [3.63, 3.8) is 0 Å². The van der Waals surface area contributed by atoms with Gasteiger partial charge in [-0.15, -0.1) is 0 Å². The highest BCUT2D eigenvalue weighted by Gasteiger charge is 2.20. The van der Waals surface area contributed by atoms with Crippen molar-refractivity contribution >= 4 is 16.8 Å². The number of aromatic nitrogens is 1. The Morgan fingerprint density at radius 1 is 1.47 bits per heavy atom. The van der Waals surface area contributed by atoms with Gasteiger partial charge in [0.15, 0.2) is 0 Å². The van der Waals surface area contributed by atoms with Crippen LogP contribution in [-0.2, 0) is 16.1 Å². The Bertz CT molecular complexity index is 659. The number of morpholine rings is 1. The zero-order valence-corrected chi connectivity index (χ0v) is 10.3. The van der Waals surface area contributed by atoms with E-state index in [2.05, 4.69) is 11.4 Å². The molecule has 5 heteroatoms.